The van der Waals surface area contributed by atoms with Crippen LogP contribution < -0.4 is 5.32 Å². The molecule has 0 aliphatic heterocycles. The second-order valence-corrected chi connectivity index (χ2v) is 6.93. The Morgan fingerprint density at radius 1 is 1.44 bits per heavy atom. The number of hydrogen-bond acceptors (Lipinski definition) is 4. The lowest BCUT2D eigenvalue weighted by molar-refractivity contribution is 0.377. The Morgan fingerprint density at radius 3 is 3.00 bits per heavy atom. The Bertz CT molecular complexity index is 469. The van der Waals surface area contributed by atoms with E-state index in [0.29, 0.717) is 6.04 Å². The van der Waals surface area contributed by atoms with E-state index in [0.717, 1.165) is 22.4 Å². The standard InChI is InChI=1S/C13H19N3S2/c1-17-12-4-2-10(3-5-12)14-8-11-9-16-6-7-18-13(16)15-11/h6-7,9-10,12,14H,2-5,8H2,1H3. The van der Waals surface area contributed by atoms with Crippen molar-refractivity contribution in [3.05, 3.63) is 23.5 Å². The summed E-state index contributed by atoms with van der Waals surface area (Å²) in [6, 6.07) is 0.688. The third-order valence-electron chi connectivity index (χ3n) is 3.72. The summed E-state index contributed by atoms with van der Waals surface area (Å²) in [7, 11) is 0. The first-order valence-electron chi connectivity index (χ1n) is 6.52. The summed E-state index contributed by atoms with van der Waals surface area (Å²) < 4.78 is 2.10. The Hall–Kier alpha value is -0.520. The van der Waals surface area contributed by atoms with E-state index in [1.165, 1.54) is 25.7 Å². The summed E-state index contributed by atoms with van der Waals surface area (Å²) in [6.45, 7) is 0.906. The van der Waals surface area contributed by atoms with Crippen molar-refractivity contribution < 1.29 is 0 Å². The van der Waals surface area contributed by atoms with Crippen LogP contribution in [0.5, 0.6) is 0 Å². The molecule has 1 aliphatic carbocycles. The van der Waals surface area contributed by atoms with E-state index in [1.807, 2.05) is 11.8 Å². The van der Waals surface area contributed by atoms with Gasteiger partial charge in [-0.15, -0.1) is 11.3 Å². The molecule has 3 rings (SSSR count). The molecule has 18 heavy (non-hydrogen) atoms. The number of hydrogen-bond donors (Lipinski definition) is 1. The number of nitrogens with zero attached hydrogens (tertiary/aromatic N) is 2. The van der Waals surface area contributed by atoms with Crippen LogP contribution in [-0.2, 0) is 6.54 Å². The predicted molar refractivity (Wildman–Crippen MR) is 79.5 cm³/mol. The molecule has 1 aliphatic rings. The number of nitrogens with one attached hydrogen (secondary N) is 1. The molecule has 98 valence electrons. The second-order valence-electron chi connectivity index (χ2n) is 4.92. The van der Waals surface area contributed by atoms with Crippen LogP contribution in [0.3, 0.4) is 0 Å². The van der Waals surface area contributed by atoms with Crippen LogP contribution in [0.1, 0.15) is 31.4 Å². The molecule has 2 heterocycles. The monoisotopic (exact) mass is 281 g/mol. The van der Waals surface area contributed by atoms with Crippen LogP contribution in [0.4, 0.5) is 0 Å². The minimum atomic E-state index is 0.688. The van der Waals surface area contributed by atoms with E-state index < -0.39 is 0 Å². The highest BCUT2D eigenvalue weighted by Gasteiger charge is 2.20. The van der Waals surface area contributed by atoms with Crippen molar-refractivity contribution in [2.24, 2.45) is 0 Å². The van der Waals surface area contributed by atoms with Gasteiger partial charge in [-0.3, -0.25) is 4.40 Å². The molecule has 0 aromatic carbocycles. The van der Waals surface area contributed by atoms with E-state index in [9.17, 15) is 0 Å². The molecular formula is C13H19N3S2. The topological polar surface area (TPSA) is 29.3 Å². The maximum atomic E-state index is 4.60. The van der Waals surface area contributed by atoms with E-state index in [-0.39, 0.29) is 0 Å². The fourth-order valence-corrected chi connectivity index (χ4v) is 4.08. The van der Waals surface area contributed by atoms with Gasteiger partial charge in [0.1, 0.15) is 0 Å². The van der Waals surface area contributed by atoms with E-state index >= 15 is 0 Å². The summed E-state index contributed by atoms with van der Waals surface area (Å²) in [4.78, 5) is 5.70. The third kappa shape index (κ3) is 2.73. The summed E-state index contributed by atoms with van der Waals surface area (Å²) in [6.07, 6.45) is 11.8. The summed E-state index contributed by atoms with van der Waals surface area (Å²) in [5, 5.41) is 6.62. The number of thiazole rings is 1. The van der Waals surface area contributed by atoms with Crippen molar-refractivity contribution in [2.45, 2.75) is 43.5 Å². The molecular weight excluding hydrogens is 262 g/mol. The second kappa shape index (κ2) is 5.63. The zero-order valence-corrected chi connectivity index (χ0v) is 12.3. The first-order chi connectivity index (χ1) is 8.85. The summed E-state index contributed by atoms with van der Waals surface area (Å²) >= 11 is 3.72. The number of imidazole rings is 1. The molecule has 0 amide bonds. The average molecular weight is 281 g/mol. The van der Waals surface area contributed by atoms with Gasteiger partial charge in [-0.1, -0.05) is 0 Å². The van der Waals surface area contributed by atoms with Crippen molar-refractivity contribution in [2.75, 3.05) is 6.26 Å². The van der Waals surface area contributed by atoms with Gasteiger partial charge in [-0.05, 0) is 31.9 Å². The lowest BCUT2D eigenvalue weighted by Crippen LogP contribution is -2.33. The lowest BCUT2D eigenvalue weighted by Gasteiger charge is -2.27. The predicted octanol–water partition coefficient (Wildman–Crippen LogP) is 3.16. The van der Waals surface area contributed by atoms with Gasteiger partial charge in [0.25, 0.3) is 0 Å². The molecule has 1 fully saturated rings. The zero-order chi connectivity index (χ0) is 12.4. The Balaban J connectivity index is 1.51. The van der Waals surface area contributed by atoms with Crippen LogP contribution in [0.25, 0.3) is 4.96 Å². The molecule has 1 N–H and O–H groups in total. The maximum absolute atomic E-state index is 4.60. The number of thioether (sulfide) groups is 1. The van der Waals surface area contributed by atoms with E-state index in [2.05, 4.69) is 38.7 Å². The van der Waals surface area contributed by atoms with Crippen LogP contribution in [0, 0.1) is 0 Å². The fourth-order valence-electron chi connectivity index (χ4n) is 2.61. The van der Waals surface area contributed by atoms with E-state index in [1.54, 1.807) is 11.3 Å². The molecule has 1 saturated carbocycles. The fraction of sp³-hybridized carbons (Fsp3) is 0.615. The normalized spacial score (nSPS) is 24.7. The summed E-state index contributed by atoms with van der Waals surface area (Å²) in [5.74, 6) is 0. The van der Waals surface area contributed by atoms with Crippen LogP contribution >= 0.6 is 23.1 Å². The van der Waals surface area contributed by atoms with Gasteiger partial charge < -0.3 is 5.32 Å². The molecule has 0 atom stereocenters. The Morgan fingerprint density at radius 2 is 2.28 bits per heavy atom. The van der Waals surface area contributed by atoms with Gasteiger partial charge >= 0.3 is 0 Å². The highest BCUT2D eigenvalue weighted by Crippen LogP contribution is 2.26. The lowest BCUT2D eigenvalue weighted by atomic mass is 9.95. The largest absolute Gasteiger partial charge is 0.308 e. The molecule has 0 bridgehead atoms. The van der Waals surface area contributed by atoms with Gasteiger partial charge in [-0.2, -0.15) is 11.8 Å². The molecule has 2 aromatic heterocycles. The average Bonchev–Trinajstić information content (AvgIpc) is 2.97. The first-order valence-corrected chi connectivity index (χ1v) is 8.69. The van der Waals surface area contributed by atoms with Crippen molar-refractivity contribution >= 4 is 28.1 Å². The van der Waals surface area contributed by atoms with Crippen molar-refractivity contribution in [3.8, 4) is 0 Å². The minimum absolute atomic E-state index is 0.688. The molecule has 0 saturated heterocycles. The SMILES string of the molecule is CSC1CCC(NCc2cn3ccsc3n2)CC1. The number of aromatic nitrogens is 2. The Kier molecular flexibility index (Phi) is 3.91. The molecule has 0 radical (unpaired) electrons. The van der Waals surface area contributed by atoms with Gasteiger partial charge in [0.2, 0.25) is 0 Å². The first kappa shape index (κ1) is 12.5. The van der Waals surface area contributed by atoms with E-state index in [4.69, 9.17) is 0 Å². The quantitative estimate of drug-likeness (QED) is 0.933. The third-order valence-corrected chi connectivity index (χ3v) is 5.63. The molecule has 5 heteroatoms. The molecule has 2 aromatic rings. The van der Waals surface area contributed by atoms with Gasteiger partial charge in [-0.25, -0.2) is 4.98 Å². The molecule has 3 nitrogen and oxygen atoms in total. The molecule has 0 unspecified atom stereocenters. The summed E-state index contributed by atoms with van der Waals surface area (Å²) in [5.41, 5.74) is 1.16. The maximum Gasteiger partial charge on any atom is 0.193 e. The minimum Gasteiger partial charge on any atom is -0.308 e. The smallest absolute Gasteiger partial charge is 0.193 e. The zero-order valence-electron chi connectivity index (χ0n) is 10.6. The number of fused-ring (bicyclic) bond motifs is 1. The molecule has 0 spiro atoms. The van der Waals surface area contributed by atoms with Crippen LogP contribution in [0.15, 0.2) is 17.8 Å². The number of rotatable bonds is 4. The van der Waals surface area contributed by atoms with Crippen molar-refractivity contribution in [1.29, 1.82) is 0 Å². The van der Waals surface area contributed by atoms with Crippen molar-refractivity contribution in [1.82, 2.24) is 14.7 Å². The van der Waals surface area contributed by atoms with Gasteiger partial charge in [0, 0.05) is 35.6 Å². The van der Waals surface area contributed by atoms with Gasteiger partial charge in [0.15, 0.2) is 4.96 Å². The van der Waals surface area contributed by atoms with Gasteiger partial charge in [0.05, 0.1) is 5.69 Å². The highest BCUT2D eigenvalue weighted by molar-refractivity contribution is 7.99. The van der Waals surface area contributed by atoms with Crippen LogP contribution in [0.2, 0.25) is 0 Å². The highest BCUT2D eigenvalue weighted by atomic mass is 32.2. The Labute approximate surface area is 116 Å². The van der Waals surface area contributed by atoms with Crippen molar-refractivity contribution in [3.63, 3.8) is 0 Å². The van der Waals surface area contributed by atoms with Crippen LogP contribution in [-0.4, -0.2) is 26.9 Å².